The maximum Gasteiger partial charge on any atom is 0.307 e. The molecule has 1 aromatic heterocycles. The third kappa shape index (κ3) is 1.84. The number of aromatic amines is 1. The van der Waals surface area contributed by atoms with Crippen LogP contribution in [0.4, 0.5) is 0 Å². The van der Waals surface area contributed by atoms with Crippen LogP contribution in [0.25, 0.3) is 0 Å². The fraction of sp³-hybridized carbons (Fsp3) is 0.600. The summed E-state index contributed by atoms with van der Waals surface area (Å²) in [6.07, 6.45) is 3.77. The Kier molecular flexibility index (Phi) is 2.88. The standard InChI is InChI=1S/C15H20N2O3/c1-15(2)11(12(15)14(19)20)13(18)17-8-4-6-10(17)9-5-3-7-16-9/h3,5,7,10-12,16H,4,6,8H2,1-2H3,(H,19,20)/t10?,11-,12+/m1/s1. The Hall–Kier alpha value is -1.78. The molecule has 108 valence electrons. The fourth-order valence-electron chi connectivity index (χ4n) is 3.64. The van der Waals surface area contributed by atoms with Gasteiger partial charge in [0.1, 0.15) is 0 Å². The molecular formula is C15H20N2O3. The van der Waals surface area contributed by atoms with Crippen molar-refractivity contribution in [2.75, 3.05) is 6.54 Å². The van der Waals surface area contributed by atoms with Gasteiger partial charge >= 0.3 is 5.97 Å². The van der Waals surface area contributed by atoms with Gasteiger partial charge in [0.2, 0.25) is 5.91 Å². The number of nitrogens with zero attached hydrogens (tertiary/aromatic N) is 1. The highest BCUT2D eigenvalue weighted by Gasteiger charge is 2.67. The molecule has 2 heterocycles. The maximum absolute atomic E-state index is 12.7. The third-order valence-electron chi connectivity index (χ3n) is 4.88. The number of rotatable bonds is 3. The van der Waals surface area contributed by atoms with Crippen molar-refractivity contribution in [1.82, 2.24) is 9.88 Å². The minimum Gasteiger partial charge on any atom is -0.481 e. The molecule has 1 saturated carbocycles. The van der Waals surface area contributed by atoms with Crippen molar-refractivity contribution < 1.29 is 14.7 Å². The minimum absolute atomic E-state index is 0.000463. The zero-order valence-corrected chi connectivity index (χ0v) is 11.8. The summed E-state index contributed by atoms with van der Waals surface area (Å²) in [5.74, 6) is -1.78. The Morgan fingerprint density at radius 1 is 1.40 bits per heavy atom. The van der Waals surface area contributed by atoms with E-state index in [9.17, 15) is 14.7 Å². The summed E-state index contributed by atoms with van der Waals surface area (Å²) in [6.45, 7) is 4.46. The van der Waals surface area contributed by atoms with Crippen molar-refractivity contribution >= 4 is 11.9 Å². The van der Waals surface area contributed by atoms with Gasteiger partial charge in [0, 0.05) is 18.4 Å². The number of hydrogen-bond donors (Lipinski definition) is 2. The highest BCUT2D eigenvalue weighted by atomic mass is 16.4. The fourth-order valence-corrected chi connectivity index (χ4v) is 3.64. The molecular weight excluding hydrogens is 256 g/mol. The van der Waals surface area contributed by atoms with Crippen LogP contribution in [-0.4, -0.2) is 33.4 Å². The average molecular weight is 276 g/mol. The minimum atomic E-state index is -0.857. The Morgan fingerprint density at radius 2 is 2.15 bits per heavy atom. The molecule has 1 saturated heterocycles. The van der Waals surface area contributed by atoms with E-state index >= 15 is 0 Å². The van der Waals surface area contributed by atoms with Gasteiger partial charge in [-0.2, -0.15) is 0 Å². The molecule has 3 atom stereocenters. The van der Waals surface area contributed by atoms with E-state index in [1.807, 2.05) is 37.1 Å². The van der Waals surface area contributed by atoms with Gasteiger partial charge in [-0.05, 0) is 30.4 Å². The Balaban J connectivity index is 1.79. The van der Waals surface area contributed by atoms with Crippen LogP contribution in [0.1, 0.15) is 38.4 Å². The second-order valence-corrected chi connectivity index (χ2v) is 6.43. The van der Waals surface area contributed by atoms with E-state index in [2.05, 4.69) is 4.98 Å². The molecule has 1 unspecified atom stereocenters. The van der Waals surface area contributed by atoms with Gasteiger partial charge in [-0.15, -0.1) is 0 Å². The summed E-state index contributed by atoms with van der Waals surface area (Å²) in [5, 5.41) is 9.22. The number of carbonyl (C=O) groups is 2. The molecule has 1 aliphatic carbocycles. The molecule has 0 radical (unpaired) electrons. The Morgan fingerprint density at radius 3 is 2.70 bits per heavy atom. The summed E-state index contributed by atoms with van der Waals surface area (Å²) >= 11 is 0. The number of aliphatic carboxylic acids is 1. The highest BCUT2D eigenvalue weighted by molar-refractivity contribution is 5.92. The predicted octanol–water partition coefficient (Wildman–Crippen LogP) is 2.03. The van der Waals surface area contributed by atoms with Gasteiger partial charge in [-0.3, -0.25) is 9.59 Å². The lowest BCUT2D eigenvalue weighted by atomic mass is 10.1. The van der Waals surface area contributed by atoms with Gasteiger partial charge in [0.25, 0.3) is 0 Å². The number of likely N-dealkylation sites (tertiary alicyclic amines) is 1. The largest absolute Gasteiger partial charge is 0.481 e. The summed E-state index contributed by atoms with van der Waals surface area (Å²) in [7, 11) is 0. The molecule has 2 aliphatic rings. The number of nitrogens with one attached hydrogen (secondary N) is 1. The second-order valence-electron chi connectivity index (χ2n) is 6.43. The summed E-state index contributed by atoms with van der Waals surface area (Å²) in [4.78, 5) is 29.0. The van der Waals surface area contributed by atoms with Crippen LogP contribution >= 0.6 is 0 Å². The number of hydrogen-bond acceptors (Lipinski definition) is 2. The number of carbonyl (C=O) groups excluding carboxylic acids is 1. The van der Waals surface area contributed by atoms with Crippen LogP contribution in [-0.2, 0) is 9.59 Å². The molecule has 3 rings (SSSR count). The highest BCUT2D eigenvalue weighted by Crippen LogP contribution is 2.59. The normalized spacial score (nSPS) is 31.3. The number of aromatic nitrogens is 1. The van der Waals surface area contributed by atoms with Gasteiger partial charge in [0.05, 0.1) is 17.9 Å². The first-order chi connectivity index (χ1) is 9.44. The molecule has 0 spiro atoms. The topological polar surface area (TPSA) is 73.4 Å². The van der Waals surface area contributed by atoms with E-state index in [0.29, 0.717) is 0 Å². The lowest BCUT2D eigenvalue weighted by Crippen LogP contribution is -2.33. The summed E-state index contributed by atoms with van der Waals surface area (Å²) < 4.78 is 0. The first-order valence-corrected chi connectivity index (χ1v) is 7.11. The molecule has 1 aliphatic heterocycles. The molecule has 0 bridgehead atoms. The van der Waals surface area contributed by atoms with Gasteiger partial charge in [-0.25, -0.2) is 0 Å². The third-order valence-corrected chi connectivity index (χ3v) is 4.88. The van der Waals surface area contributed by atoms with E-state index in [1.165, 1.54) is 0 Å². The number of carboxylic acid groups (broad SMARTS) is 1. The molecule has 0 aromatic carbocycles. The lowest BCUT2D eigenvalue weighted by Gasteiger charge is -2.24. The lowest BCUT2D eigenvalue weighted by molar-refractivity contribution is -0.142. The Bertz CT molecular complexity index is 535. The second kappa shape index (κ2) is 4.36. The number of carboxylic acids is 1. The van der Waals surface area contributed by atoms with Crippen LogP contribution in [0.5, 0.6) is 0 Å². The predicted molar refractivity (Wildman–Crippen MR) is 72.9 cm³/mol. The molecule has 1 amide bonds. The molecule has 2 N–H and O–H groups in total. The first kappa shape index (κ1) is 13.2. The van der Waals surface area contributed by atoms with Gasteiger partial charge in [0.15, 0.2) is 0 Å². The van der Waals surface area contributed by atoms with Crippen molar-refractivity contribution in [2.24, 2.45) is 17.3 Å². The van der Waals surface area contributed by atoms with E-state index in [-0.39, 0.29) is 17.9 Å². The van der Waals surface area contributed by atoms with Crippen molar-refractivity contribution in [2.45, 2.75) is 32.7 Å². The molecule has 20 heavy (non-hydrogen) atoms. The van der Waals surface area contributed by atoms with E-state index < -0.39 is 17.3 Å². The zero-order chi connectivity index (χ0) is 14.5. The summed E-state index contributed by atoms with van der Waals surface area (Å²) in [6, 6.07) is 3.99. The SMILES string of the molecule is CC1(C)[C@H](C(=O)O)[C@@H]1C(=O)N1CCCC1c1ccc[nH]1. The maximum atomic E-state index is 12.7. The van der Waals surface area contributed by atoms with Crippen molar-refractivity contribution in [3.05, 3.63) is 24.0 Å². The zero-order valence-electron chi connectivity index (χ0n) is 11.8. The van der Waals surface area contributed by atoms with Crippen LogP contribution in [0, 0.1) is 17.3 Å². The Labute approximate surface area is 118 Å². The van der Waals surface area contributed by atoms with Crippen molar-refractivity contribution in [1.29, 1.82) is 0 Å². The first-order valence-electron chi connectivity index (χ1n) is 7.11. The van der Waals surface area contributed by atoms with Crippen LogP contribution in [0.3, 0.4) is 0 Å². The van der Waals surface area contributed by atoms with Gasteiger partial charge in [-0.1, -0.05) is 13.8 Å². The number of H-pyrrole nitrogens is 1. The van der Waals surface area contributed by atoms with Gasteiger partial charge < -0.3 is 15.0 Å². The van der Waals surface area contributed by atoms with E-state index in [1.54, 1.807) is 0 Å². The summed E-state index contributed by atoms with van der Waals surface area (Å²) in [5.41, 5.74) is 0.618. The smallest absolute Gasteiger partial charge is 0.307 e. The van der Waals surface area contributed by atoms with Crippen LogP contribution < -0.4 is 0 Å². The van der Waals surface area contributed by atoms with Crippen LogP contribution in [0.2, 0.25) is 0 Å². The van der Waals surface area contributed by atoms with E-state index in [0.717, 1.165) is 25.1 Å². The molecule has 5 nitrogen and oxygen atoms in total. The monoisotopic (exact) mass is 276 g/mol. The van der Waals surface area contributed by atoms with E-state index in [4.69, 9.17) is 0 Å². The van der Waals surface area contributed by atoms with Crippen molar-refractivity contribution in [3.63, 3.8) is 0 Å². The quantitative estimate of drug-likeness (QED) is 0.887. The molecule has 5 heteroatoms. The van der Waals surface area contributed by atoms with Crippen LogP contribution in [0.15, 0.2) is 18.3 Å². The van der Waals surface area contributed by atoms with Crippen molar-refractivity contribution in [3.8, 4) is 0 Å². The number of amides is 1. The average Bonchev–Trinajstić information content (AvgIpc) is 2.87. The molecule has 1 aromatic rings. The molecule has 2 fully saturated rings.